The van der Waals surface area contributed by atoms with Crippen LogP contribution in [0.4, 0.5) is 23.0 Å². The number of carbonyl (C=O) groups excluding carboxylic acids is 1. The summed E-state index contributed by atoms with van der Waals surface area (Å²) in [4.78, 5) is 23.7. The third-order valence-corrected chi connectivity index (χ3v) is 7.42. The topological polar surface area (TPSA) is 70.2 Å². The summed E-state index contributed by atoms with van der Waals surface area (Å²) in [5.74, 6) is 5.15. The normalized spacial score (nSPS) is 28.4. The Morgan fingerprint density at radius 2 is 1.58 bits per heavy atom. The second-order valence-corrected chi connectivity index (χ2v) is 10.4. The molecule has 4 saturated carbocycles. The van der Waals surface area contributed by atoms with Crippen LogP contribution in [-0.2, 0) is 4.79 Å². The van der Waals surface area contributed by atoms with Crippen LogP contribution in [0.15, 0.2) is 30.3 Å². The Hall–Kier alpha value is -2.63. The summed E-state index contributed by atoms with van der Waals surface area (Å²) in [5, 5.41) is 6.48. The molecule has 164 valence electrons. The lowest BCUT2D eigenvalue weighted by Gasteiger charge is -2.56. The van der Waals surface area contributed by atoms with E-state index in [9.17, 15) is 4.79 Å². The summed E-state index contributed by atoms with van der Waals surface area (Å²) >= 11 is 0. The molecule has 0 radical (unpaired) electrons. The van der Waals surface area contributed by atoms with Crippen LogP contribution in [0.2, 0.25) is 0 Å². The van der Waals surface area contributed by atoms with Crippen molar-refractivity contribution in [1.82, 2.24) is 9.97 Å². The number of carbonyl (C=O) groups is 1. The first kappa shape index (κ1) is 20.3. The first-order valence-electron chi connectivity index (χ1n) is 11.6. The van der Waals surface area contributed by atoms with E-state index in [1.807, 2.05) is 56.3 Å². The summed E-state index contributed by atoms with van der Waals surface area (Å²) in [5.41, 5.74) is 2.06. The molecule has 31 heavy (non-hydrogen) atoms. The van der Waals surface area contributed by atoms with Gasteiger partial charge in [0.25, 0.3) is 0 Å². The average molecular weight is 420 g/mol. The minimum Gasteiger partial charge on any atom is -0.363 e. The largest absolute Gasteiger partial charge is 0.363 e. The first-order chi connectivity index (χ1) is 14.9. The monoisotopic (exact) mass is 419 g/mol. The molecular formula is C25H33N5O. The van der Waals surface area contributed by atoms with Gasteiger partial charge in [0.05, 0.1) is 0 Å². The van der Waals surface area contributed by atoms with E-state index in [2.05, 4.69) is 20.6 Å². The number of aromatic nitrogens is 2. The summed E-state index contributed by atoms with van der Waals surface area (Å²) in [6.45, 7) is 1.89. The van der Waals surface area contributed by atoms with Gasteiger partial charge in [-0.2, -0.15) is 0 Å². The fraction of sp³-hybridized carbons (Fsp3) is 0.560. The zero-order chi connectivity index (χ0) is 21.6. The lowest BCUT2D eigenvalue weighted by Crippen LogP contribution is -2.47. The van der Waals surface area contributed by atoms with Gasteiger partial charge in [0.15, 0.2) is 0 Å². The molecule has 2 aromatic rings. The number of hydrogen-bond acceptors (Lipinski definition) is 5. The van der Waals surface area contributed by atoms with Crippen molar-refractivity contribution in [3.8, 4) is 0 Å². The maximum atomic E-state index is 12.9. The van der Waals surface area contributed by atoms with Crippen LogP contribution in [-0.4, -0.2) is 30.0 Å². The highest BCUT2D eigenvalue weighted by Crippen LogP contribution is 2.61. The maximum absolute atomic E-state index is 12.9. The van der Waals surface area contributed by atoms with Crippen LogP contribution in [0.5, 0.6) is 0 Å². The summed E-state index contributed by atoms with van der Waals surface area (Å²) in [7, 11) is 3.93. The third-order valence-electron chi connectivity index (χ3n) is 7.42. The van der Waals surface area contributed by atoms with E-state index in [1.54, 1.807) is 0 Å². The van der Waals surface area contributed by atoms with E-state index in [0.717, 1.165) is 46.6 Å². The quantitative estimate of drug-likeness (QED) is 0.678. The van der Waals surface area contributed by atoms with Gasteiger partial charge < -0.3 is 15.5 Å². The lowest BCUT2D eigenvalue weighted by molar-refractivity contribution is -0.124. The Labute approximate surface area is 184 Å². The smallest absolute Gasteiger partial charge is 0.224 e. The molecule has 4 aliphatic carbocycles. The highest BCUT2D eigenvalue weighted by Gasteiger charge is 2.51. The number of hydrogen-bond donors (Lipinski definition) is 2. The molecule has 0 saturated heterocycles. The number of nitrogens with one attached hydrogen (secondary N) is 2. The van der Waals surface area contributed by atoms with Crippen molar-refractivity contribution < 1.29 is 4.79 Å². The fourth-order valence-corrected chi connectivity index (χ4v) is 6.68. The molecule has 1 heterocycles. The minimum atomic E-state index is 0.171. The average Bonchev–Trinajstić information content (AvgIpc) is 2.67. The SMILES string of the molecule is Cc1nc(Nc2ccc(NC(=O)CC34CC5CC(CC(C5)C3)C4)cc2)cc(N(C)C)n1. The van der Waals surface area contributed by atoms with Crippen LogP contribution in [0, 0.1) is 30.1 Å². The zero-order valence-corrected chi connectivity index (χ0v) is 18.8. The van der Waals surface area contributed by atoms with Crippen molar-refractivity contribution in [3.63, 3.8) is 0 Å². The second kappa shape index (κ2) is 7.81. The zero-order valence-electron chi connectivity index (χ0n) is 18.8. The lowest BCUT2D eigenvalue weighted by atomic mass is 9.49. The van der Waals surface area contributed by atoms with E-state index >= 15 is 0 Å². The molecule has 0 unspecified atom stereocenters. The third kappa shape index (κ3) is 4.39. The summed E-state index contributed by atoms with van der Waals surface area (Å²) in [6, 6.07) is 9.80. The molecule has 2 N–H and O–H groups in total. The van der Waals surface area contributed by atoms with Crippen molar-refractivity contribution in [3.05, 3.63) is 36.2 Å². The molecule has 4 bridgehead atoms. The number of nitrogens with zero attached hydrogens (tertiary/aromatic N) is 3. The van der Waals surface area contributed by atoms with Gasteiger partial charge in [-0.1, -0.05) is 0 Å². The Morgan fingerprint density at radius 3 is 2.16 bits per heavy atom. The number of amides is 1. The molecule has 1 amide bonds. The molecule has 6 rings (SSSR count). The Bertz CT molecular complexity index is 933. The molecular weight excluding hydrogens is 386 g/mol. The van der Waals surface area contributed by atoms with Crippen molar-refractivity contribution in [2.75, 3.05) is 29.6 Å². The molecule has 1 aromatic heterocycles. The van der Waals surface area contributed by atoms with Gasteiger partial charge in [0, 0.05) is 38.0 Å². The van der Waals surface area contributed by atoms with Crippen molar-refractivity contribution in [2.24, 2.45) is 23.2 Å². The second-order valence-electron chi connectivity index (χ2n) is 10.4. The van der Waals surface area contributed by atoms with E-state index in [1.165, 1.54) is 38.5 Å². The number of aryl methyl sites for hydroxylation is 1. The van der Waals surface area contributed by atoms with Crippen LogP contribution >= 0.6 is 0 Å². The number of anilines is 4. The molecule has 4 fully saturated rings. The Kier molecular flexibility index (Phi) is 5.11. The molecule has 0 spiro atoms. The minimum absolute atomic E-state index is 0.171. The van der Waals surface area contributed by atoms with Crippen molar-refractivity contribution in [2.45, 2.75) is 51.9 Å². The Balaban J connectivity index is 1.20. The Morgan fingerprint density at radius 1 is 1.00 bits per heavy atom. The van der Waals surface area contributed by atoms with E-state index in [-0.39, 0.29) is 11.3 Å². The molecule has 6 heteroatoms. The van der Waals surface area contributed by atoms with Gasteiger partial charge in [-0.05, 0) is 92.9 Å². The van der Waals surface area contributed by atoms with Crippen molar-refractivity contribution >= 4 is 28.9 Å². The van der Waals surface area contributed by atoms with Crippen molar-refractivity contribution in [1.29, 1.82) is 0 Å². The standard InChI is InChI=1S/C25H33N5O/c1-16-26-22(11-23(27-16)30(2)3)28-20-4-6-21(7-5-20)29-24(31)15-25-12-17-8-18(13-25)10-19(9-17)14-25/h4-7,11,17-19H,8-10,12-15H2,1-3H3,(H,29,31)(H,26,27,28). The first-order valence-corrected chi connectivity index (χ1v) is 11.6. The molecule has 0 aliphatic heterocycles. The van der Waals surface area contributed by atoms with Crippen LogP contribution in [0.3, 0.4) is 0 Å². The summed E-state index contributed by atoms with van der Waals surface area (Å²) in [6.07, 6.45) is 8.73. The predicted octanol–water partition coefficient (Wildman–Crippen LogP) is 5.14. The highest BCUT2D eigenvalue weighted by atomic mass is 16.1. The number of rotatable bonds is 6. The molecule has 4 aliphatic rings. The summed E-state index contributed by atoms with van der Waals surface area (Å²) < 4.78 is 0. The van der Waals surface area contributed by atoms with Gasteiger partial charge >= 0.3 is 0 Å². The molecule has 6 nitrogen and oxygen atoms in total. The van der Waals surface area contributed by atoms with E-state index in [4.69, 9.17) is 0 Å². The fourth-order valence-electron chi connectivity index (χ4n) is 6.68. The van der Waals surface area contributed by atoms with Gasteiger partial charge in [-0.25, -0.2) is 9.97 Å². The van der Waals surface area contributed by atoms with Gasteiger partial charge in [-0.15, -0.1) is 0 Å². The molecule has 1 aromatic carbocycles. The van der Waals surface area contributed by atoms with Crippen LogP contribution in [0.25, 0.3) is 0 Å². The van der Waals surface area contributed by atoms with Crippen LogP contribution < -0.4 is 15.5 Å². The predicted molar refractivity (Wildman–Crippen MR) is 125 cm³/mol. The highest BCUT2D eigenvalue weighted by molar-refractivity contribution is 5.91. The van der Waals surface area contributed by atoms with Crippen LogP contribution in [0.1, 0.15) is 50.8 Å². The maximum Gasteiger partial charge on any atom is 0.224 e. The van der Waals surface area contributed by atoms with Gasteiger partial charge in [0.2, 0.25) is 5.91 Å². The van der Waals surface area contributed by atoms with E-state index in [0.29, 0.717) is 6.42 Å². The molecule has 0 atom stereocenters. The number of benzene rings is 1. The van der Waals surface area contributed by atoms with E-state index < -0.39 is 0 Å². The van der Waals surface area contributed by atoms with Gasteiger partial charge in [0.1, 0.15) is 17.5 Å². The van der Waals surface area contributed by atoms with Gasteiger partial charge in [-0.3, -0.25) is 4.79 Å².